The van der Waals surface area contributed by atoms with Gasteiger partial charge >= 0.3 is 0 Å². The van der Waals surface area contributed by atoms with Gasteiger partial charge in [-0.3, -0.25) is 9.78 Å². The molecular weight excluding hydrogens is 366 g/mol. The van der Waals surface area contributed by atoms with E-state index in [0.29, 0.717) is 24.9 Å². The van der Waals surface area contributed by atoms with Gasteiger partial charge in [-0.05, 0) is 42.0 Å². The number of carbonyl (C=O) groups is 1. The number of amides is 1. The molecule has 0 radical (unpaired) electrons. The van der Waals surface area contributed by atoms with Crippen molar-refractivity contribution in [1.82, 2.24) is 14.9 Å². The van der Waals surface area contributed by atoms with Crippen molar-refractivity contribution in [3.05, 3.63) is 70.9 Å². The van der Waals surface area contributed by atoms with E-state index in [1.54, 1.807) is 17.5 Å². The molecule has 1 aromatic carbocycles. The maximum Gasteiger partial charge on any atom is 0.229 e. The van der Waals surface area contributed by atoms with Crippen molar-refractivity contribution in [1.29, 1.82) is 0 Å². The molecule has 2 aromatic heterocycles. The van der Waals surface area contributed by atoms with Crippen LogP contribution in [0.15, 0.2) is 54.0 Å². The van der Waals surface area contributed by atoms with Crippen molar-refractivity contribution in [2.75, 3.05) is 0 Å². The summed E-state index contributed by atoms with van der Waals surface area (Å²) in [6.07, 6.45) is 4.32. The van der Waals surface area contributed by atoms with Crippen LogP contribution >= 0.6 is 11.3 Å². The molecule has 1 amide bonds. The molecule has 1 aliphatic rings. The highest BCUT2D eigenvalue weighted by molar-refractivity contribution is 7.13. The molecule has 0 saturated heterocycles. The molecule has 1 saturated carbocycles. The molecule has 0 aliphatic heterocycles. The number of rotatable bonds is 7. The summed E-state index contributed by atoms with van der Waals surface area (Å²) >= 11 is 1.54. The highest BCUT2D eigenvalue weighted by Crippen LogP contribution is 2.30. The average molecular weight is 392 g/mol. The van der Waals surface area contributed by atoms with Gasteiger partial charge in [-0.1, -0.05) is 44.2 Å². The van der Waals surface area contributed by atoms with E-state index in [9.17, 15) is 4.79 Å². The fraction of sp³-hybridized carbons (Fsp3) is 0.348. The third kappa shape index (κ3) is 4.47. The van der Waals surface area contributed by atoms with Crippen LogP contribution in [0.3, 0.4) is 0 Å². The average Bonchev–Trinajstić information content (AvgIpc) is 3.45. The molecule has 4 rings (SSSR count). The van der Waals surface area contributed by atoms with Crippen LogP contribution in [-0.2, 0) is 17.8 Å². The molecule has 0 spiro atoms. The molecule has 0 bridgehead atoms. The second-order valence-electron chi connectivity index (χ2n) is 7.68. The number of nitrogens with zero attached hydrogens (tertiary/aromatic N) is 3. The number of aromatic nitrogens is 2. The van der Waals surface area contributed by atoms with Crippen molar-refractivity contribution in [2.24, 2.45) is 0 Å². The van der Waals surface area contributed by atoms with Crippen LogP contribution in [0.5, 0.6) is 0 Å². The van der Waals surface area contributed by atoms with Gasteiger partial charge in [0.15, 0.2) is 0 Å². The second kappa shape index (κ2) is 8.23. The van der Waals surface area contributed by atoms with Crippen LogP contribution in [0.2, 0.25) is 0 Å². The largest absolute Gasteiger partial charge is 0.335 e. The van der Waals surface area contributed by atoms with Crippen molar-refractivity contribution in [2.45, 2.75) is 51.6 Å². The minimum absolute atomic E-state index is 0.160. The summed E-state index contributed by atoms with van der Waals surface area (Å²) in [5, 5.41) is 2.84. The van der Waals surface area contributed by atoms with Gasteiger partial charge in [0.1, 0.15) is 5.01 Å². The molecule has 0 atom stereocenters. The SMILES string of the molecule is CC(C)c1ccc(CN(C(=O)Cc2csc(-c3ccccn3)n2)C2CC2)cc1. The van der Waals surface area contributed by atoms with Gasteiger partial charge in [-0.15, -0.1) is 11.3 Å². The Labute approximate surface area is 170 Å². The van der Waals surface area contributed by atoms with Gasteiger partial charge in [-0.2, -0.15) is 0 Å². The van der Waals surface area contributed by atoms with Gasteiger partial charge in [0.05, 0.1) is 17.8 Å². The fourth-order valence-corrected chi connectivity index (χ4v) is 4.06. The van der Waals surface area contributed by atoms with E-state index in [1.807, 2.05) is 28.5 Å². The lowest BCUT2D eigenvalue weighted by Gasteiger charge is -2.22. The topological polar surface area (TPSA) is 46.1 Å². The highest BCUT2D eigenvalue weighted by atomic mass is 32.1. The van der Waals surface area contributed by atoms with Crippen LogP contribution < -0.4 is 0 Å². The minimum Gasteiger partial charge on any atom is -0.335 e. The van der Waals surface area contributed by atoms with Gasteiger partial charge in [0.25, 0.3) is 0 Å². The Morgan fingerprint density at radius 3 is 2.61 bits per heavy atom. The Morgan fingerprint density at radius 2 is 1.96 bits per heavy atom. The quantitative estimate of drug-likeness (QED) is 0.565. The first-order valence-corrected chi connectivity index (χ1v) is 10.7. The number of hydrogen-bond donors (Lipinski definition) is 0. The van der Waals surface area contributed by atoms with Crippen molar-refractivity contribution in [3.63, 3.8) is 0 Å². The van der Waals surface area contributed by atoms with Crippen LogP contribution in [0.25, 0.3) is 10.7 Å². The van der Waals surface area contributed by atoms with E-state index in [4.69, 9.17) is 0 Å². The summed E-state index contributed by atoms with van der Waals surface area (Å²) < 4.78 is 0. The van der Waals surface area contributed by atoms with E-state index in [-0.39, 0.29) is 5.91 Å². The smallest absolute Gasteiger partial charge is 0.229 e. The summed E-state index contributed by atoms with van der Waals surface area (Å²) in [6, 6.07) is 14.8. The first-order chi connectivity index (χ1) is 13.6. The maximum absolute atomic E-state index is 13.0. The number of benzene rings is 1. The molecule has 144 valence electrons. The zero-order valence-electron chi connectivity index (χ0n) is 16.3. The van der Waals surface area contributed by atoms with Crippen LogP contribution in [0.1, 0.15) is 49.4 Å². The molecular formula is C23H25N3OS. The predicted molar refractivity (Wildman–Crippen MR) is 113 cm³/mol. The summed E-state index contributed by atoms with van der Waals surface area (Å²) in [4.78, 5) is 24.0. The summed E-state index contributed by atoms with van der Waals surface area (Å²) in [5.41, 5.74) is 4.21. The molecule has 5 heteroatoms. The van der Waals surface area contributed by atoms with Gasteiger partial charge in [0, 0.05) is 24.2 Å². The van der Waals surface area contributed by atoms with Crippen molar-refractivity contribution < 1.29 is 4.79 Å². The standard InChI is InChI=1S/C23H25N3OS/c1-16(2)18-8-6-17(7-9-18)14-26(20-10-11-20)22(27)13-19-15-28-23(25-19)21-5-3-4-12-24-21/h3-9,12,15-16,20H,10-11,13-14H2,1-2H3. The fourth-order valence-electron chi connectivity index (χ4n) is 3.26. The number of carbonyl (C=O) groups excluding carboxylic acids is 1. The minimum atomic E-state index is 0.160. The first-order valence-electron chi connectivity index (χ1n) is 9.84. The Bertz CT molecular complexity index is 930. The molecule has 0 N–H and O–H groups in total. The molecule has 2 heterocycles. The molecule has 3 aromatic rings. The number of pyridine rings is 1. The molecule has 1 aliphatic carbocycles. The maximum atomic E-state index is 13.0. The van der Waals surface area contributed by atoms with Crippen molar-refractivity contribution >= 4 is 17.2 Å². The van der Waals surface area contributed by atoms with Crippen LogP contribution in [-0.4, -0.2) is 26.8 Å². The lowest BCUT2D eigenvalue weighted by molar-refractivity contribution is -0.131. The Balaban J connectivity index is 1.44. The summed E-state index contributed by atoms with van der Waals surface area (Å²) in [6.45, 7) is 5.07. The zero-order chi connectivity index (χ0) is 19.5. The molecule has 1 fully saturated rings. The number of hydrogen-bond acceptors (Lipinski definition) is 4. The van der Waals surface area contributed by atoms with E-state index in [2.05, 4.69) is 48.1 Å². The molecule has 0 unspecified atom stereocenters. The molecule has 28 heavy (non-hydrogen) atoms. The lowest BCUT2D eigenvalue weighted by Crippen LogP contribution is -2.33. The number of thiazole rings is 1. The third-order valence-corrected chi connectivity index (χ3v) is 5.99. The van der Waals surface area contributed by atoms with E-state index in [0.717, 1.165) is 29.2 Å². The Morgan fingerprint density at radius 1 is 1.18 bits per heavy atom. The first kappa shape index (κ1) is 18.8. The summed E-state index contributed by atoms with van der Waals surface area (Å²) in [5.74, 6) is 0.682. The predicted octanol–water partition coefficient (Wildman–Crippen LogP) is 5.06. The monoisotopic (exact) mass is 391 g/mol. The Kier molecular flexibility index (Phi) is 5.53. The summed E-state index contributed by atoms with van der Waals surface area (Å²) in [7, 11) is 0. The Hall–Kier alpha value is -2.53. The normalized spacial score (nSPS) is 13.7. The van der Waals surface area contributed by atoms with Crippen molar-refractivity contribution in [3.8, 4) is 10.7 Å². The van der Waals surface area contributed by atoms with E-state index < -0.39 is 0 Å². The lowest BCUT2D eigenvalue weighted by atomic mass is 10.0. The second-order valence-corrected chi connectivity index (χ2v) is 8.54. The van der Waals surface area contributed by atoms with E-state index in [1.165, 1.54) is 11.1 Å². The van der Waals surface area contributed by atoms with Gasteiger partial charge in [0.2, 0.25) is 5.91 Å². The van der Waals surface area contributed by atoms with Crippen LogP contribution in [0.4, 0.5) is 0 Å². The third-order valence-electron chi connectivity index (χ3n) is 5.08. The van der Waals surface area contributed by atoms with Gasteiger partial charge < -0.3 is 4.90 Å². The van der Waals surface area contributed by atoms with Crippen LogP contribution in [0, 0.1) is 0 Å². The highest BCUT2D eigenvalue weighted by Gasteiger charge is 2.32. The molecule has 4 nitrogen and oxygen atoms in total. The van der Waals surface area contributed by atoms with E-state index >= 15 is 0 Å². The zero-order valence-corrected chi connectivity index (χ0v) is 17.2. The van der Waals surface area contributed by atoms with Gasteiger partial charge in [-0.25, -0.2) is 4.98 Å².